The number of halogens is 1. The van der Waals surface area contributed by atoms with Crippen LogP contribution in [0.4, 0.5) is 5.69 Å². The molecule has 0 atom stereocenters. The number of carbonyl (C=O) groups excluding carboxylic acids is 3. The molecule has 0 fully saturated rings. The van der Waals surface area contributed by atoms with E-state index in [1.54, 1.807) is 49.5 Å². The molecule has 3 rings (SSSR count). The highest BCUT2D eigenvalue weighted by atomic mass is 35.5. The minimum atomic E-state index is -0.570. The van der Waals surface area contributed by atoms with Crippen LogP contribution in [-0.4, -0.2) is 40.7 Å². The summed E-state index contributed by atoms with van der Waals surface area (Å²) in [7, 11) is 2.90. The number of amides is 1. The second kappa shape index (κ2) is 12.8. The van der Waals surface area contributed by atoms with Crippen molar-refractivity contribution in [1.82, 2.24) is 9.36 Å². The summed E-state index contributed by atoms with van der Waals surface area (Å²) in [6.07, 6.45) is 0.443. The van der Waals surface area contributed by atoms with Crippen LogP contribution in [0.15, 0.2) is 53.3 Å². The highest BCUT2D eigenvalue weighted by Gasteiger charge is 2.28. The Labute approximate surface area is 232 Å². The van der Waals surface area contributed by atoms with Crippen molar-refractivity contribution >= 4 is 34.9 Å². The summed E-state index contributed by atoms with van der Waals surface area (Å²) < 4.78 is 13.3. The molecule has 208 valence electrons. The van der Waals surface area contributed by atoms with Crippen LogP contribution in [0.2, 0.25) is 5.02 Å². The van der Waals surface area contributed by atoms with Gasteiger partial charge in [-0.15, -0.1) is 0 Å². The van der Waals surface area contributed by atoms with Crippen molar-refractivity contribution in [2.45, 2.75) is 46.5 Å². The molecule has 39 heavy (non-hydrogen) atoms. The molecule has 0 aliphatic carbocycles. The smallest absolute Gasteiger partial charge is 0.311 e. The van der Waals surface area contributed by atoms with E-state index in [9.17, 15) is 19.2 Å². The van der Waals surface area contributed by atoms with E-state index in [-0.39, 0.29) is 30.7 Å². The third-order valence-corrected chi connectivity index (χ3v) is 6.63. The first-order valence-electron chi connectivity index (χ1n) is 12.7. The van der Waals surface area contributed by atoms with Crippen molar-refractivity contribution in [3.63, 3.8) is 0 Å². The first-order chi connectivity index (χ1) is 18.5. The summed E-state index contributed by atoms with van der Waals surface area (Å²) in [5.41, 5.74) is 0.296. The molecule has 0 unspecified atom stereocenters. The van der Waals surface area contributed by atoms with Gasteiger partial charge in [-0.3, -0.25) is 23.9 Å². The van der Waals surface area contributed by atoms with Gasteiger partial charge in [-0.1, -0.05) is 43.6 Å². The number of aromatic nitrogens is 2. The van der Waals surface area contributed by atoms with Crippen molar-refractivity contribution in [3.8, 4) is 11.4 Å². The summed E-state index contributed by atoms with van der Waals surface area (Å²) in [6, 6.07) is 13.8. The standard InChI is InChI=1S/C29H34ClN3O6/c1-6-39-24-13-12-19(30)16-21(24)23(34)14-15-29(2,3)18-25(35)31-27-22(17-26(36)38-5)32(4)33(28(27)37)20-10-8-7-9-11-20/h7-13,16H,6,14-15,17-18H2,1-5H3,(H,31,35). The lowest BCUT2D eigenvalue weighted by molar-refractivity contribution is -0.139. The Hall–Kier alpha value is -3.85. The zero-order valence-electron chi connectivity index (χ0n) is 22.9. The maximum absolute atomic E-state index is 13.4. The monoisotopic (exact) mass is 555 g/mol. The van der Waals surface area contributed by atoms with Crippen LogP contribution in [0.5, 0.6) is 5.75 Å². The summed E-state index contributed by atoms with van der Waals surface area (Å²) >= 11 is 6.10. The Morgan fingerprint density at radius 2 is 1.77 bits per heavy atom. The fraction of sp³-hybridized carbons (Fsp3) is 0.379. The molecule has 2 aromatic carbocycles. The molecular weight excluding hydrogens is 522 g/mol. The molecule has 0 saturated carbocycles. The van der Waals surface area contributed by atoms with Gasteiger partial charge in [0.1, 0.15) is 11.4 Å². The lowest BCUT2D eigenvalue weighted by Gasteiger charge is -2.23. The second-order valence-electron chi connectivity index (χ2n) is 9.94. The van der Waals surface area contributed by atoms with Gasteiger partial charge in [0.25, 0.3) is 5.56 Å². The normalized spacial score (nSPS) is 11.2. The topological polar surface area (TPSA) is 109 Å². The van der Waals surface area contributed by atoms with Crippen LogP contribution < -0.4 is 15.6 Å². The number of anilines is 1. The van der Waals surface area contributed by atoms with Crippen molar-refractivity contribution < 1.29 is 23.9 Å². The van der Waals surface area contributed by atoms with Crippen LogP contribution in [0.1, 0.15) is 56.1 Å². The van der Waals surface area contributed by atoms with Gasteiger partial charge in [0.15, 0.2) is 5.78 Å². The van der Waals surface area contributed by atoms with Crippen LogP contribution in [0.3, 0.4) is 0 Å². The van der Waals surface area contributed by atoms with E-state index < -0.39 is 22.9 Å². The van der Waals surface area contributed by atoms with E-state index in [1.807, 2.05) is 26.8 Å². The van der Waals surface area contributed by atoms with Gasteiger partial charge >= 0.3 is 5.97 Å². The molecule has 0 bridgehead atoms. The molecule has 0 aliphatic rings. The molecule has 10 heteroatoms. The van der Waals surface area contributed by atoms with Crippen molar-refractivity contribution in [2.24, 2.45) is 12.5 Å². The summed E-state index contributed by atoms with van der Waals surface area (Å²) in [6.45, 7) is 6.01. The van der Waals surface area contributed by atoms with Gasteiger partial charge in [-0.05, 0) is 49.1 Å². The number of para-hydroxylation sites is 1. The zero-order chi connectivity index (χ0) is 28.7. The van der Waals surface area contributed by atoms with E-state index in [4.69, 9.17) is 21.1 Å². The minimum absolute atomic E-state index is 0.0175. The highest BCUT2D eigenvalue weighted by Crippen LogP contribution is 2.31. The van der Waals surface area contributed by atoms with E-state index in [1.165, 1.54) is 16.5 Å². The van der Waals surface area contributed by atoms with Gasteiger partial charge in [-0.25, -0.2) is 4.68 Å². The number of nitrogens with one attached hydrogen (secondary N) is 1. The van der Waals surface area contributed by atoms with E-state index in [0.29, 0.717) is 40.7 Å². The third-order valence-electron chi connectivity index (χ3n) is 6.40. The largest absolute Gasteiger partial charge is 0.493 e. The van der Waals surface area contributed by atoms with Crippen LogP contribution >= 0.6 is 11.6 Å². The van der Waals surface area contributed by atoms with Gasteiger partial charge in [0, 0.05) is 24.9 Å². The zero-order valence-corrected chi connectivity index (χ0v) is 23.6. The molecule has 0 radical (unpaired) electrons. The number of rotatable bonds is 12. The number of methoxy groups -OCH3 is 1. The first-order valence-corrected chi connectivity index (χ1v) is 13.0. The Bertz CT molecular complexity index is 1410. The van der Waals surface area contributed by atoms with Crippen LogP contribution in [0, 0.1) is 5.41 Å². The number of Topliss-reactive ketones (excluding diaryl/α,β-unsaturated/α-hetero) is 1. The Balaban J connectivity index is 1.78. The minimum Gasteiger partial charge on any atom is -0.493 e. The average Bonchev–Trinajstić information content (AvgIpc) is 3.12. The third kappa shape index (κ3) is 7.38. The van der Waals surface area contributed by atoms with Gasteiger partial charge in [0.2, 0.25) is 5.91 Å². The van der Waals surface area contributed by atoms with E-state index in [0.717, 1.165) is 0 Å². The van der Waals surface area contributed by atoms with Gasteiger partial charge in [-0.2, -0.15) is 0 Å². The number of benzene rings is 2. The Kier molecular flexibility index (Phi) is 9.75. The van der Waals surface area contributed by atoms with E-state index >= 15 is 0 Å². The number of carbonyl (C=O) groups is 3. The number of hydrogen-bond donors (Lipinski definition) is 1. The number of hydrogen-bond acceptors (Lipinski definition) is 6. The van der Waals surface area contributed by atoms with Crippen LogP contribution in [0.25, 0.3) is 5.69 Å². The average molecular weight is 556 g/mol. The van der Waals surface area contributed by atoms with Crippen LogP contribution in [-0.2, 0) is 27.8 Å². The molecule has 0 spiro atoms. The van der Waals surface area contributed by atoms with E-state index in [2.05, 4.69) is 5.32 Å². The van der Waals surface area contributed by atoms with Crippen molar-refractivity contribution in [1.29, 1.82) is 0 Å². The number of ketones is 1. The Morgan fingerprint density at radius 1 is 1.08 bits per heavy atom. The summed E-state index contributed by atoms with van der Waals surface area (Å²) in [5, 5.41) is 3.16. The molecule has 1 heterocycles. The maximum Gasteiger partial charge on any atom is 0.311 e. The fourth-order valence-corrected chi connectivity index (χ4v) is 4.51. The van der Waals surface area contributed by atoms with Gasteiger partial charge < -0.3 is 14.8 Å². The summed E-state index contributed by atoms with van der Waals surface area (Å²) in [5.74, 6) is -0.611. The molecule has 1 N–H and O–H groups in total. The molecule has 3 aromatic rings. The van der Waals surface area contributed by atoms with Gasteiger partial charge in [0.05, 0.1) is 37.1 Å². The number of esters is 1. The lowest BCUT2D eigenvalue weighted by Crippen LogP contribution is -2.26. The molecule has 0 aliphatic heterocycles. The Morgan fingerprint density at radius 3 is 2.41 bits per heavy atom. The highest BCUT2D eigenvalue weighted by molar-refractivity contribution is 6.31. The second-order valence-corrected chi connectivity index (χ2v) is 10.4. The fourth-order valence-electron chi connectivity index (χ4n) is 4.34. The first kappa shape index (κ1) is 29.7. The number of nitrogens with zero attached hydrogens (tertiary/aromatic N) is 2. The molecule has 0 saturated heterocycles. The maximum atomic E-state index is 13.4. The number of ether oxygens (including phenoxy) is 2. The predicted molar refractivity (Wildman–Crippen MR) is 150 cm³/mol. The SMILES string of the molecule is CCOc1ccc(Cl)cc1C(=O)CCC(C)(C)CC(=O)Nc1c(CC(=O)OC)n(C)n(-c2ccccc2)c1=O. The summed E-state index contributed by atoms with van der Waals surface area (Å²) in [4.78, 5) is 51.6. The lowest BCUT2D eigenvalue weighted by atomic mass is 9.82. The quantitative estimate of drug-likeness (QED) is 0.250. The molecule has 1 aromatic heterocycles. The van der Waals surface area contributed by atoms with Crippen molar-refractivity contribution in [3.05, 3.63) is 75.2 Å². The molecule has 1 amide bonds. The van der Waals surface area contributed by atoms with Crippen molar-refractivity contribution in [2.75, 3.05) is 19.0 Å². The molecular formula is C29H34ClN3O6. The molecule has 9 nitrogen and oxygen atoms in total. The predicted octanol–water partition coefficient (Wildman–Crippen LogP) is 4.96.